The molecular weight excluding hydrogens is 350 g/mol. The lowest BCUT2D eigenvalue weighted by Crippen LogP contribution is -2.38. The average Bonchev–Trinajstić information content (AvgIpc) is 3.08. The third-order valence-electron chi connectivity index (χ3n) is 4.91. The molecule has 2 nitrogen and oxygen atoms in total. The smallest absolute Gasteiger partial charge is 0.235 e. The summed E-state index contributed by atoms with van der Waals surface area (Å²) < 4.78 is 1.05. The Morgan fingerprint density at radius 1 is 1.13 bits per heavy atom. The quantitative estimate of drug-likeness (QED) is 0.759. The van der Waals surface area contributed by atoms with Crippen LogP contribution in [0.5, 0.6) is 0 Å². The van der Waals surface area contributed by atoms with Crippen molar-refractivity contribution < 1.29 is 4.79 Å². The van der Waals surface area contributed by atoms with Gasteiger partial charge in [0.25, 0.3) is 0 Å². The normalized spacial score (nSPS) is 16.3. The number of amides is 1. The maximum Gasteiger partial charge on any atom is 0.235 e. The number of nitrogens with one attached hydrogen (secondary N) is 1. The van der Waals surface area contributed by atoms with E-state index in [0.29, 0.717) is 0 Å². The molecule has 1 aliphatic carbocycles. The number of rotatable bonds is 4. The Morgan fingerprint density at radius 3 is 2.48 bits per heavy atom. The molecule has 0 aliphatic heterocycles. The van der Waals surface area contributed by atoms with Crippen LogP contribution in [0, 0.1) is 0 Å². The molecule has 0 saturated heterocycles. The first kappa shape index (κ1) is 16.3. The topological polar surface area (TPSA) is 29.1 Å². The van der Waals surface area contributed by atoms with Crippen molar-refractivity contribution in [1.82, 2.24) is 0 Å². The molecule has 0 unspecified atom stereocenters. The van der Waals surface area contributed by atoms with Gasteiger partial charge < -0.3 is 5.32 Å². The summed E-state index contributed by atoms with van der Waals surface area (Å²) >= 11 is 3.50. The molecule has 1 amide bonds. The van der Waals surface area contributed by atoms with Crippen molar-refractivity contribution in [3.05, 3.63) is 64.1 Å². The van der Waals surface area contributed by atoms with E-state index in [0.717, 1.165) is 53.4 Å². The lowest BCUT2D eigenvalue weighted by Gasteiger charge is -2.29. The molecule has 120 valence electrons. The fourth-order valence-electron chi connectivity index (χ4n) is 3.60. The number of carbonyl (C=O) groups excluding carboxylic acids is 1. The standard InChI is InChI=1S/C20H22BrNO/c1-2-15-14-17(21)10-11-18(15)22-19(23)20(12-6-7-13-20)16-8-4-3-5-9-16/h3-5,8-11,14H,2,6-7,12-13H2,1H3,(H,22,23). The summed E-state index contributed by atoms with van der Waals surface area (Å²) in [7, 11) is 0. The van der Waals surface area contributed by atoms with Crippen LogP contribution >= 0.6 is 15.9 Å². The lowest BCUT2D eigenvalue weighted by molar-refractivity contribution is -0.121. The van der Waals surface area contributed by atoms with Crippen molar-refractivity contribution in [2.24, 2.45) is 0 Å². The molecule has 0 aromatic heterocycles. The van der Waals surface area contributed by atoms with Crippen LogP contribution in [0.3, 0.4) is 0 Å². The van der Waals surface area contributed by atoms with Gasteiger partial charge in [0.2, 0.25) is 5.91 Å². The third-order valence-corrected chi connectivity index (χ3v) is 5.41. The maximum atomic E-state index is 13.2. The number of benzene rings is 2. The molecule has 0 heterocycles. The van der Waals surface area contributed by atoms with E-state index in [-0.39, 0.29) is 11.3 Å². The Hall–Kier alpha value is -1.61. The van der Waals surface area contributed by atoms with Crippen LogP contribution in [0.1, 0.15) is 43.7 Å². The molecule has 1 aliphatic rings. The number of anilines is 1. The number of hydrogen-bond acceptors (Lipinski definition) is 1. The van der Waals surface area contributed by atoms with Crippen molar-refractivity contribution in [2.45, 2.75) is 44.4 Å². The van der Waals surface area contributed by atoms with Gasteiger partial charge >= 0.3 is 0 Å². The summed E-state index contributed by atoms with van der Waals surface area (Å²) in [5.74, 6) is 0.137. The SMILES string of the molecule is CCc1cc(Br)ccc1NC(=O)C1(c2ccccc2)CCCC1. The van der Waals surface area contributed by atoms with Crippen LogP contribution in [0.4, 0.5) is 5.69 Å². The van der Waals surface area contributed by atoms with E-state index < -0.39 is 0 Å². The molecule has 3 rings (SSSR count). The molecule has 2 aromatic rings. The largest absolute Gasteiger partial charge is 0.325 e. The molecule has 0 atom stereocenters. The van der Waals surface area contributed by atoms with Crippen molar-refractivity contribution >= 4 is 27.5 Å². The first-order valence-electron chi connectivity index (χ1n) is 8.31. The van der Waals surface area contributed by atoms with Gasteiger partial charge in [0.05, 0.1) is 5.41 Å². The summed E-state index contributed by atoms with van der Waals surface area (Å²) in [4.78, 5) is 13.2. The van der Waals surface area contributed by atoms with Crippen LogP contribution in [0.25, 0.3) is 0 Å². The highest BCUT2D eigenvalue weighted by molar-refractivity contribution is 9.10. The first-order valence-corrected chi connectivity index (χ1v) is 9.10. The van der Waals surface area contributed by atoms with Gasteiger partial charge in [-0.2, -0.15) is 0 Å². The second-order valence-electron chi connectivity index (χ2n) is 6.26. The molecule has 3 heteroatoms. The molecule has 0 radical (unpaired) electrons. The average molecular weight is 372 g/mol. The summed E-state index contributed by atoms with van der Waals surface area (Å²) in [5.41, 5.74) is 2.86. The Balaban J connectivity index is 1.92. The van der Waals surface area contributed by atoms with Gasteiger partial charge in [0.15, 0.2) is 0 Å². The predicted molar refractivity (Wildman–Crippen MR) is 98.7 cm³/mol. The van der Waals surface area contributed by atoms with Gasteiger partial charge in [0, 0.05) is 10.2 Å². The van der Waals surface area contributed by atoms with Gasteiger partial charge in [-0.15, -0.1) is 0 Å². The van der Waals surface area contributed by atoms with Crippen molar-refractivity contribution in [3.63, 3.8) is 0 Å². The number of aryl methyl sites for hydroxylation is 1. The first-order chi connectivity index (χ1) is 11.2. The van der Waals surface area contributed by atoms with Crippen LogP contribution < -0.4 is 5.32 Å². The minimum Gasteiger partial charge on any atom is -0.325 e. The van der Waals surface area contributed by atoms with Crippen LogP contribution in [-0.2, 0) is 16.6 Å². The molecule has 1 fully saturated rings. The van der Waals surface area contributed by atoms with E-state index in [2.05, 4.69) is 46.4 Å². The lowest BCUT2D eigenvalue weighted by atomic mass is 9.78. The molecule has 0 spiro atoms. The Morgan fingerprint density at radius 2 is 1.83 bits per heavy atom. The number of carbonyl (C=O) groups is 1. The zero-order valence-corrected chi connectivity index (χ0v) is 15.0. The van der Waals surface area contributed by atoms with E-state index in [4.69, 9.17) is 0 Å². The Labute approximate surface area is 146 Å². The van der Waals surface area contributed by atoms with Crippen molar-refractivity contribution in [3.8, 4) is 0 Å². The van der Waals surface area contributed by atoms with Gasteiger partial charge in [0.1, 0.15) is 0 Å². The zero-order valence-electron chi connectivity index (χ0n) is 13.4. The monoisotopic (exact) mass is 371 g/mol. The minimum atomic E-state index is -0.376. The van der Waals surface area contributed by atoms with E-state index in [1.54, 1.807) is 0 Å². The highest BCUT2D eigenvalue weighted by atomic mass is 79.9. The van der Waals surface area contributed by atoms with E-state index in [1.807, 2.05) is 30.3 Å². The number of halogens is 1. The fraction of sp³-hybridized carbons (Fsp3) is 0.350. The van der Waals surface area contributed by atoms with Gasteiger partial charge in [-0.3, -0.25) is 4.79 Å². The van der Waals surface area contributed by atoms with Gasteiger partial charge in [-0.05, 0) is 48.6 Å². The molecule has 1 N–H and O–H groups in total. The van der Waals surface area contributed by atoms with Crippen LogP contribution in [0.2, 0.25) is 0 Å². The second-order valence-corrected chi connectivity index (χ2v) is 7.18. The van der Waals surface area contributed by atoms with Gasteiger partial charge in [-0.1, -0.05) is 66.0 Å². The van der Waals surface area contributed by atoms with Gasteiger partial charge in [-0.25, -0.2) is 0 Å². The molecule has 2 aromatic carbocycles. The van der Waals surface area contributed by atoms with E-state index in [9.17, 15) is 4.79 Å². The molecule has 1 saturated carbocycles. The van der Waals surface area contributed by atoms with E-state index >= 15 is 0 Å². The highest BCUT2D eigenvalue weighted by Crippen LogP contribution is 2.42. The fourth-order valence-corrected chi connectivity index (χ4v) is 4.01. The number of hydrogen-bond donors (Lipinski definition) is 1. The zero-order chi connectivity index (χ0) is 16.3. The molecule has 0 bridgehead atoms. The second kappa shape index (κ2) is 6.88. The summed E-state index contributed by atoms with van der Waals surface area (Å²) in [6.45, 7) is 2.11. The predicted octanol–water partition coefficient (Wildman–Crippen LogP) is 5.46. The summed E-state index contributed by atoms with van der Waals surface area (Å²) in [6.07, 6.45) is 4.99. The molecular formula is C20H22BrNO. The van der Waals surface area contributed by atoms with Crippen LogP contribution in [0.15, 0.2) is 53.0 Å². The third kappa shape index (κ3) is 3.20. The Bertz CT molecular complexity index is 690. The molecule has 23 heavy (non-hydrogen) atoms. The van der Waals surface area contributed by atoms with E-state index in [1.165, 1.54) is 0 Å². The maximum absolute atomic E-state index is 13.2. The summed E-state index contributed by atoms with van der Waals surface area (Å²) in [5, 5.41) is 3.21. The van der Waals surface area contributed by atoms with Crippen molar-refractivity contribution in [1.29, 1.82) is 0 Å². The summed E-state index contributed by atoms with van der Waals surface area (Å²) in [6, 6.07) is 16.3. The van der Waals surface area contributed by atoms with Crippen molar-refractivity contribution in [2.75, 3.05) is 5.32 Å². The highest BCUT2D eigenvalue weighted by Gasteiger charge is 2.42. The van der Waals surface area contributed by atoms with Crippen LogP contribution in [-0.4, -0.2) is 5.91 Å². The Kier molecular flexibility index (Phi) is 4.86. The minimum absolute atomic E-state index is 0.137.